The molecule has 0 aliphatic rings. The third-order valence-corrected chi connectivity index (χ3v) is 2.80. The fourth-order valence-electron chi connectivity index (χ4n) is 1.81. The standard InChI is InChI=1S/C13H25N3O4/c1-4-5-6-9(12(18)19)15-11(17)10(7-8(2)3)16-13(14)20/h8-10H,4-7H2,1-3H3,(H,15,17)(H,18,19)(H3,14,16,20)/t9-,10?/m0/s1. The normalized spacial score (nSPS) is 13.6. The lowest BCUT2D eigenvalue weighted by atomic mass is 10.0. The summed E-state index contributed by atoms with van der Waals surface area (Å²) in [6.45, 7) is 5.74. The van der Waals surface area contributed by atoms with Gasteiger partial charge in [-0.1, -0.05) is 33.6 Å². The summed E-state index contributed by atoms with van der Waals surface area (Å²) in [7, 11) is 0. The molecule has 0 saturated heterocycles. The fraction of sp³-hybridized carbons (Fsp3) is 0.769. The van der Waals surface area contributed by atoms with Gasteiger partial charge in [0.2, 0.25) is 5.91 Å². The summed E-state index contributed by atoms with van der Waals surface area (Å²) < 4.78 is 0. The summed E-state index contributed by atoms with van der Waals surface area (Å²) in [4.78, 5) is 34.0. The van der Waals surface area contributed by atoms with Crippen molar-refractivity contribution in [2.24, 2.45) is 11.7 Å². The maximum atomic E-state index is 12.0. The van der Waals surface area contributed by atoms with Gasteiger partial charge in [-0.25, -0.2) is 9.59 Å². The second kappa shape index (κ2) is 9.17. The minimum Gasteiger partial charge on any atom is -0.480 e. The number of hydrogen-bond donors (Lipinski definition) is 4. The number of hydrogen-bond acceptors (Lipinski definition) is 3. The van der Waals surface area contributed by atoms with E-state index < -0.39 is 30.0 Å². The van der Waals surface area contributed by atoms with Crippen LogP contribution in [0.2, 0.25) is 0 Å². The monoisotopic (exact) mass is 287 g/mol. The Bertz CT molecular complexity index is 345. The van der Waals surface area contributed by atoms with Crippen molar-refractivity contribution in [1.29, 1.82) is 0 Å². The molecule has 0 bridgehead atoms. The van der Waals surface area contributed by atoms with Crippen LogP contribution in [0.15, 0.2) is 0 Å². The lowest BCUT2D eigenvalue weighted by Gasteiger charge is -2.22. The van der Waals surface area contributed by atoms with Crippen LogP contribution < -0.4 is 16.4 Å². The maximum Gasteiger partial charge on any atom is 0.326 e. The molecule has 1 unspecified atom stereocenters. The van der Waals surface area contributed by atoms with E-state index in [-0.39, 0.29) is 5.92 Å². The molecule has 7 nitrogen and oxygen atoms in total. The number of primary amides is 1. The van der Waals surface area contributed by atoms with Crippen molar-refractivity contribution in [1.82, 2.24) is 10.6 Å². The molecule has 0 rings (SSSR count). The number of nitrogens with one attached hydrogen (secondary N) is 2. The molecule has 0 radical (unpaired) electrons. The lowest BCUT2D eigenvalue weighted by molar-refractivity contribution is -0.142. The molecule has 2 atom stereocenters. The Morgan fingerprint density at radius 1 is 1.15 bits per heavy atom. The lowest BCUT2D eigenvalue weighted by Crippen LogP contribution is -2.53. The van der Waals surface area contributed by atoms with Gasteiger partial charge < -0.3 is 21.5 Å². The van der Waals surface area contributed by atoms with Gasteiger partial charge in [0.25, 0.3) is 0 Å². The Morgan fingerprint density at radius 2 is 1.75 bits per heavy atom. The van der Waals surface area contributed by atoms with E-state index in [9.17, 15) is 14.4 Å². The number of carbonyl (C=O) groups excluding carboxylic acids is 2. The fourth-order valence-corrected chi connectivity index (χ4v) is 1.81. The predicted octanol–water partition coefficient (Wildman–Crippen LogP) is 0.829. The number of amides is 3. The van der Waals surface area contributed by atoms with Gasteiger partial charge in [-0.3, -0.25) is 4.79 Å². The van der Waals surface area contributed by atoms with Crippen LogP contribution in [0.5, 0.6) is 0 Å². The Balaban J connectivity index is 4.68. The molecule has 7 heteroatoms. The largest absolute Gasteiger partial charge is 0.480 e. The predicted molar refractivity (Wildman–Crippen MR) is 75.1 cm³/mol. The van der Waals surface area contributed by atoms with Crippen molar-refractivity contribution in [3.8, 4) is 0 Å². The number of carboxylic acid groups (broad SMARTS) is 1. The third kappa shape index (κ3) is 7.60. The van der Waals surface area contributed by atoms with Gasteiger partial charge in [0.15, 0.2) is 0 Å². The number of urea groups is 1. The number of rotatable bonds is 9. The van der Waals surface area contributed by atoms with Crippen molar-refractivity contribution in [3.05, 3.63) is 0 Å². The van der Waals surface area contributed by atoms with E-state index in [0.29, 0.717) is 19.3 Å². The molecule has 0 fully saturated rings. The van der Waals surface area contributed by atoms with Crippen molar-refractivity contribution in [3.63, 3.8) is 0 Å². The first kappa shape index (κ1) is 18.2. The third-order valence-electron chi connectivity index (χ3n) is 2.80. The first-order valence-electron chi connectivity index (χ1n) is 6.87. The molecule has 0 heterocycles. The van der Waals surface area contributed by atoms with E-state index in [1.54, 1.807) is 0 Å². The van der Waals surface area contributed by atoms with Gasteiger partial charge in [0.05, 0.1) is 0 Å². The Morgan fingerprint density at radius 3 is 2.15 bits per heavy atom. The van der Waals surface area contributed by atoms with E-state index in [4.69, 9.17) is 10.8 Å². The van der Waals surface area contributed by atoms with E-state index in [1.807, 2.05) is 20.8 Å². The van der Waals surface area contributed by atoms with E-state index >= 15 is 0 Å². The average Bonchev–Trinajstić information content (AvgIpc) is 2.31. The van der Waals surface area contributed by atoms with Crippen LogP contribution in [0.1, 0.15) is 46.5 Å². The van der Waals surface area contributed by atoms with Crippen molar-refractivity contribution in [2.45, 2.75) is 58.5 Å². The Hall–Kier alpha value is -1.79. The van der Waals surface area contributed by atoms with E-state index in [2.05, 4.69) is 10.6 Å². The Labute approximate surface area is 119 Å². The number of nitrogens with two attached hydrogens (primary N) is 1. The molecule has 0 aliphatic heterocycles. The molecule has 116 valence electrons. The molecule has 0 aromatic carbocycles. The molecular weight excluding hydrogens is 262 g/mol. The summed E-state index contributed by atoms with van der Waals surface area (Å²) in [6.07, 6.45) is 2.31. The molecule has 0 aromatic heterocycles. The molecule has 3 amide bonds. The highest BCUT2D eigenvalue weighted by Gasteiger charge is 2.26. The van der Waals surface area contributed by atoms with Crippen molar-refractivity contribution in [2.75, 3.05) is 0 Å². The summed E-state index contributed by atoms with van der Waals surface area (Å²) in [6, 6.07) is -2.55. The highest BCUT2D eigenvalue weighted by atomic mass is 16.4. The van der Waals surface area contributed by atoms with Gasteiger partial charge in [-0.15, -0.1) is 0 Å². The smallest absolute Gasteiger partial charge is 0.326 e. The van der Waals surface area contributed by atoms with Crippen LogP contribution in [0, 0.1) is 5.92 Å². The molecule has 0 aliphatic carbocycles. The maximum absolute atomic E-state index is 12.0. The van der Waals surface area contributed by atoms with Gasteiger partial charge in [0, 0.05) is 0 Å². The van der Waals surface area contributed by atoms with Crippen LogP contribution in [0.3, 0.4) is 0 Å². The summed E-state index contributed by atoms with van der Waals surface area (Å²) >= 11 is 0. The number of unbranched alkanes of at least 4 members (excludes halogenated alkanes) is 1. The van der Waals surface area contributed by atoms with Gasteiger partial charge in [-0.2, -0.15) is 0 Å². The molecule has 0 saturated carbocycles. The molecule has 20 heavy (non-hydrogen) atoms. The highest BCUT2D eigenvalue weighted by molar-refractivity contribution is 5.89. The summed E-state index contributed by atoms with van der Waals surface area (Å²) in [5.41, 5.74) is 5.03. The minimum absolute atomic E-state index is 0.163. The molecular formula is C13H25N3O4. The number of carboxylic acids is 1. The van der Waals surface area contributed by atoms with Crippen molar-refractivity contribution >= 4 is 17.9 Å². The van der Waals surface area contributed by atoms with Gasteiger partial charge >= 0.3 is 12.0 Å². The van der Waals surface area contributed by atoms with Crippen LogP contribution in [-0.2, 0) is 9.59 Å². The first-order chi connectivity index (χ1) is 9.27. The quantitative estimate of drug-likeness (QED) is 0.501. The Kier molecular flexibility index (Phi) is 8.35. The number of carbonyl (C=O) groups is 3. The van der Waals surface area contributed by atoms with E-state index in [0.717, 1.165) is 6.42 Å². The van der Waals surface area contributed by atoms with Crippen LogP contribution in [0.4, 0.5) is 4.79 Å². The van der Waals surface area contributed by atoms with Crippen LogP contribution in [-0.4, -0.2) is 35.1 Å². The van der Waals surface area contributed by atoms with Crippen molar-refractivity contribution < 1.29 is 19.5 Å². The highest BCUT2D eigenvalue weighted by Crippen LogP contribution is 2.07. The van der Waals surface area contributed by atoms with Gasteiger partial charge in [-0.05, 0) is 18.8 Å². The molecule has 5 N–H and O–H groups in total. The zero-order chi connectivity index (χ0) is 15.7. The zero-order valence-corrected chi connectivity index (χ0v) is 12.3. The second-order valence-corrected chi connectivity index (χ2v) is 5.23. The number of aliphatic carboxylic acids is 1. The zero-order valence-electron chi connectivity index (χ0n) is 12.3. The molecule has 0 aromatic rings. The van der Waals surface area contributed by atoms with E-state index in [1.165, 1.54) is 0 Å². The van der Waals surface area contributed by atoms with Crippen LogP contribution >= 0.6 is 0 Å². The summed E-state index contributed by atoms with van der Waals surface area (Å²) in [5, 5.41) is 13.9. The van der Waals surface area contributed by atoms with Gasteiger partial charge in [0.1, 0.15) is 12.1 Å². The first-order valence-corrected chi connectivity index (χ1v) is 6.87. The van der Waals surface area contributed by atoms with Crippen LogP contribution in [0.25, 0.3) is 0 Å². The second-order valence-electron chi connectivity index (χ2n) is 5.23. The average molecular weight is 287 g/mol. The topological polar surface area (TPSA) is 122 Å². The summed E-state index contributed by atoms with van der Waals surface area (Å²) in [5.74, 6) is -1.42. The SMILES string of the molecule is CCCC[C@H](NC(=O)C(CC(C)C)NC(N)=O)C(=O)O. The molecule has 0 spiro atoms. The minimum atomic E-state index is -1.07.